The lowest BCUT2D eigenvalue weighted by atomic mass is 10.1. The number of halogens is 2. The van der Waals surface area contributed by atoms with E-state index in [-0.39, 0.29) is 6.04 Å². The highest BCUT2D eigenvalue weighted by molar-refractivity contribution is 6.32. The molecule has 2 rings (SSSR count). The molecule has 1 atom stereocenters. The fourth-order valence-corrected chi connectivity index (χ4v) is 2.24. The van der Waals surface area contributed by atoms with Gasteiger partial charge in [-0.05, 0) is 43.8 Å². The monoisotopic (exact) mass is 295 g/mol. The number of benzene rings is 2. The van der Waals surface area contributed by atoms with E-state index in [2.05, 4.69) is 12.2 Å². The fraction of sp³-hybridized carbons (Fsp3) is 0.200. The van der Waals surface area contributed by atoms with E-state index in [1.165, 1.54) is 0 Å². The smallest absolute Gasteiger partial charge is 0.146 e. The zero-order chi connectivity index (χ0) is 13.8. The molecule has 100 valence electrons. The molecule has 1 N–H and O–H groups in total. The lowest BCUT2D eigenvalue weighted by Crippen LogP contribution is -2.12. The third kappa shape index (κ3) is 3.41. The molecule has 0 aliphatic rings. The number of rotatable bonds is 4. The van der Waals surface area contributed by atoms with Crippen molar-refractivity contribution in [1.82, 2.24) is 5.32 Å². The third-order valence-corrected chi connectivity index (χ3v) is 3.58. The van der Waals surface area contributed by atoms with Crippen LogP contribution in [0.4, 0.5) is 0 Å². The second kappa shape index (κ2) is 6.29. The number of nitrogens with one attached hydrogen (secondary N) is 1. The second-order valence-corrected chi connectivity index (χ2v) is 5.04. The van der Waals surface area contributed by atoms with Crippen LogP contribution in [0.2, 0.25) is 10.0 Å². The average Bonchev–Trinajstić information content (AvgIpc) is 2.41. The van der Waals surface area contributed by atoms with Crippen molar-refractivity contribution in [1.29, 1.82) is 0 Å². The summed E-state index contributed by atoms with van der Waals surface area (Å²) in [5.41, 5.74) is 1.04. The van der Waals surface area contributed by atoms with Crippen LogP contribution in [0.25, 0.3) is 0 Å². The number of hydrogen-bond donors (Lipinski definition) is 1. The van der Waals surface area contributed by atoms with Crippen LogP contribution in [0.5, 0.6) is 11.5 Å². The Morgan fingerprint density at radius 3 is 2.42 bits per heavy atom. The molecule has 4 heteroatoms. The minimum Gasteiger partial charge on any atom is -0.456 e. The van der Waals surface area contributed by atoms with Crippen molar-refractivity contribution >= 4 is 23.2 Å². The molecule has 0 spiro atoms. The van der Waals surface area contributed by atoms with Crippen LogP contribution in [0, 0.1) is 0 Å². The van der Waals surface area contributed by atoms with E-state index in [1.54, 1.807) is 12.1 Å². The van der Waals surface area contributed by atoms with Gasteiger partial charge in [0.05, 0.1) is 5.02 Å². The first-order valence-electron chi connectivity index (χ1n) is 6.01. The summed E-state index contributed by atoms with van der Waals surface area (Å²) in [5.74, 6) is 1.29. The first-order chi connectivity index (χ1) is 9.11. The molecule has 2 nitrogen and oxygen atoms in total. The molecule has 0 saturated heterocycles. The maximum Gasteiger partial charge on any atom is 0.146 e. The predicted octanol–water partition coefficient (Wildman–Crippen LogP) is 5.07. The van der Waals surface area contributed by atoms with Crippen molar-refractivity contribution in [3.8, 4) is 11.5 Å². The van der Waals surface area contributed by atoms with Gasteiger partial charge in [-0.15, -0.1) is 0 Å². The Kier molecular flexibility index (Phi) is 4.70. The van der Waals surface area contributed by atoms with Crippen LogP contribution in [-0.2, 0) is 0 Å². The Morgan fingerprint density at radius 2 is 1.79 bits per heavy atom. The van der Waals surface area contributed by atoms with Gasteiger partial charge in [-0.3, -0.25) is 0 Å². The van der Waals surface area contributed by atoms with E-state index < -0.39 is 0 Å². The first-order valence-corrected chi connectivity index (χ1v) is 6.76. The summed E-state index contributed by atoms with van der Waals surface area (Å²) in [4.78, 5) is 0. The van der Waals surface area contributed by atoms with Gasteiger partial charge in [0.25, 0.3) is 0 Å². The maximum atomic E-state index is 6.26. The van der Waals surface area contributed by atoms with Crippen molar-refractivity contribution in [3.05, 3.63) is 58.1 Å². The maximum absolute atomic E-state index is 6.26. The molecule has 0 unspecified atom stereocenters. The van der Waals surface area contributed by atoms with Crippen molar-refractivity contribution < 1.29 is 4.74 Å². The SMILES string of the molecule is CN[C@H](C)c1ccc(Oc2ccccc2Cl)cc1Cl. The van der Waals surface area contributed by atoms with Crippen LogP contribution in [0.1, 0.15) is 18.5 Å². The van der Waals surface area contributed by atoms with E-state index >= 15 is 0 Å². The standard InChI is InChI=1S/C15H15Cl2NO/c1-10(18-2)12-8-7-11(9-14(12)17)19-15-6-4-3-5-13(15)16/h3-10,18H,1-2H3/t10-/m1/s1. The highest BCUT2D eigenvalue weighted by atomic mass is 35.5. The second-order valence-electron chi connectivity index (χ2n) is 4.23. The summed E-state index contributed by atoms with van der Waals surface area (Å²) < 4.78 is 5.72. The Hall–Kier alpha value is -1.22. The van der Waals surface area contributed by atoms with Gasteiger partial charge >= 0.3 is 0 Å². The van der Waals surface area contributed by atoms with Gasteiger partial charge in [0.15, 0.2) is 0 Å². The molecule has 2 aromatic rings. The zero-order valence-corrected chi connectivity index (χ0v) is 12.3. The predicted molar refractivity (Wildman–Crippen MR) is 80.5 cm³/mol. The topological polar surface area (TPSA) is 21.3 Å². The number of hydrogen-bond acceptors (Lipinski definition) is 2. The zero-order valence-electron chi connectivity index (χ0n) is 10.8. The van der Waals surface area contributed by atoms with Crippen molar-refractivity contribution in [2.45, 2.75) is 13.0 Å². The minimum absolute atomic E-state index is 0.196. The van der Waals surface area contributed by atoms with Crippen LogP contribution >= 0.6 is 23.2 Å². The molecule has 0 saturated carbocycles. The van der Waals surface area contributed by atoms with Gasteiger partial charge in [-0.1, -0.05) is 41.4 Å². The van der Waals surface area contributed by atoms with E-state index in [9.17, 15) is 0 Å². The average molecular weight is 296 g/mol. The normalized spacial score (nSPS) is 12.2. The summed E-state index contributed by atoms with van der Waals surface area (Å²) >= 11 is 12.3. The summed E-state index contributed by atoms with van der Waals surface area (Å²) in [6.07, 6.45) is 0. The highest BCUT2D eigenvalue weighted by Gasteiger charge is 2.09. The lowest BCUT2D eigenvalue weighted by molar-refractivity contribution is 0.482. The van der Waals surface area contributed by atoms with Crippen LogP contribution < -0.4 is 10.1 Å². The third-order valence-electron chi connectivity index (χ3n) is 2.94. The Bertz CT molecular complexity index is 572. The minimum atomic E-state index is 0.196. The summed E-state index contributed by atoms with van der Waals surface area (Å²) in [7, 11) is 1.90. The Labute approximate surface area is 123 Å². The Morgan fingerprint density at radius 1 is 1.05 bits per heavy atom. The van der Waals surface area contributed by atoms with Crippen molar-refractivity contribution in [3.63, 3.8) is 0 Å². The number of para-hydroxylation sites is 1. The van der Waals surface area contributed by atoms with Gasteiger partial charge in [-0.2, -0.15) is 0 Å². The number of ether oxygens (including phenoxy) is 1. The first kappa shape index (κ1) is 14.2. The fourth-order valence-electron chi connectivity index (χ4n) is 1.73. The van der Waals surface area contributed by atoms with E-state index in [0.717, 1.165) is 5.56 Å². The molecule has 0 aliphatic heterocycles. The molecule has 0 heterocycles. The van der Waals surface area contributed by atoms with Crippen LogP contribution in [0.3, 0.4) is 0 Å². The van der Waals surface area contributed by atoms with Crippen molar-refractivity contribution in [2.75, 3.05) is 7.05 Å². The molecule has 0 bridgehead atoms. The van der Waals surface area contributed by atoms with Crippen LogP contribution in [-0.4, -0.2) is 7.05 Å². The molecular weight excluding hydrogens is 281 g/mol. The highest BCUT2D eigenvalue weighted by Crippen LogP contribution is 2.32. The van der Waals surface area contributed by atoms with Gasteiger partial charge in [0.2, 0.25) is 0 Å². The lowest BCUT2D eigenvalue weighted by Gasteiger charge is -2.14. The van der Waals surface area contributed by atoms with Crippen LogP contribution in [0.15, 0.2) is 42.5 Å². The van der Waals surface area contributed by atoms with Gasteiger partial charge in [0, 0.05) is 11.1 Å². The summed E-state index contributed by atoms with van der Waals surface area (Å²) in [6.45, 7) is 2.05. The van der Waals surface area contributed by atoms with Gasteiger partial charge in [0.1, 0.15) is 11.5 Å². The summed E-state index contributed by atoms with van der Waals surface area (Å²) in [6, 6.07) is 13.2. The van der Waals surface area contributed by atoms with E-state index in [1.807, 2.05) is 37.4 Å². The molecule has 0 fully saturated rings. The van der Waals surface area contributed by atoms with E-state index in [0.29, 0.717) is 21.5 Å². The summed E-state index contributed by atoms with van der Waals surface area (Å²) in [5, 5.41) is 4.40. The molecule has 0 radical (unpaired) electrons. The molecule has 0 aliphatic carbocycles. The van der Waals surface area contributed by atoms with E-state index in [4.69, 9.17) is 27.9 Å². The molecule has 2 aromatic carbocycles. The van der Waals surface area contributed by atoms with Crippen molar-refractivity contribution in [2.24, 2.45) is 0 Å². The van der Waals surface area contributed by atoms with Gasteiger partial charge in [-0.25, -0.2) is 0 Å². The molecule has 19 heavy (non-hydrogen) atoms. The quantitative estimate of drug-likeness (QED) is 0.850. The van der Waals surface area contributed by atoms with Gasteiger partial charge < -0.3 is 10.1 Å². The molecule has 0 amide bonds. The molecular formula is C15H15Cl2NO. The largest absolute Gasteiger partial charge is 0.456 e. The Balaban J connectivity index is 2.24. The molecule has 0 aromatic heterocycles.